The number of halogens is 1. The molecule has 0 unspecified atom stereocenters. The van der Waals surface area contributed by atoms with Crippen molar-refractivity contribution in [3.05, 3.63) is 107 Å². The second-order valence-electron chi connectivity index (χ2n) is 7.39. The summed E-state index contributed by atoms with van der Waals surface area (Å²) in [6.07, 6.45) is 0. The van der Waals surface area contributed by atoms with Crippen LogP contribution in [0.25, 0.3) is 10.8 Å². The Bertz CT molecular complexity index is 1360. The largest absolute Gasteiger partial charge is 0.507 e. The molecule has 0 atom stereocenters. The lowest BCUT2D eigenvalue weighted by atomic mass is 10.1. The van der Waals surface area contributed by atoms with Crippen LogP contribution in [0.1, 0.15) is 33.2 Å². The number of carbonyl (C=O) groups excluding carboxylic acids is 2. The number of nitrogens with one attached hydrogen (secondary N) is 2. The summed E-state index contributed by atoms with van der Waals surface area (Å²) in [5, 5.41) is 19.4. The first-order chi connectivity index (χ1) is 15.9. The predicted molar refractivity (Wildman–Crippen MR) is 131 cm³/mol. The molecule has 7 heteroatoms. The van der Waals surface area contributed by atoms with Crippen molar-refractivity contribution in [1.29, 1.82) is 0 Å². The monoisotopic (exact) mass is 457 g/mol. The molecule has 2 amide bonds. The third-order valence-electron chi connectivity index (χ3n) is 5.10. The molecule has 164 valence electrons. The van der Waals surface area contributed by atoms with E-state index in [2.05, 4.69) is 15.8 Å². The highest BCUT2D eigenvalue weighted by Gasteiger charge is 2.12. The second kappa shape index (κ2) is 9.54. The van der Waals surface area contributed by atoms with Crippen molar-refractivity contribution < 1.29 is 14.7 Å². The van der Waals surface area contributed by atoms with Crippen molar-refractivity contribution in [2.45, 2.75) is 6.92 Å². The minimum Gasteiger partial charge on any atom is -0.507 e. The van der Waals surface area contributed by atoms with Crippen LogP contribution in [0.3, 0.4) is 0 Å². The Kier molecular flexibility index (Phi) is 6.38. The molecular weight excluding hydrogens is 438 g/mol. The van der Waals surface area contributed by atoms with E-state index in [0.717, 1.165) is 16.3 Å². The highest BCUT2D eigenvalue weighted by Crippen LogP contribution is 2.25. The predicted octanol–water partition coefficient (Wildman–Crippen LogP) is 5.61. The van der Waals surface area contributed by atoms with Gasteiger partial charge in [-0.3, -0.25) is 9.59 Å². The molecule has 0 saturated carbocycles. The number of hydrazone groups is 1. The number of rotatable bonds is 5. The van der Waals surface area contributed by atoms with Crippen LogP contribution in [0.15, 0.2) is 90.0 Å². The number of carbonyl (C=O) groups is 2. The number of amides is 2. The Hall–Kier alpha value is -4.16. The first-order valence-electron chi connectivity index (χ1n) is 10.1. The lowest BCUT2D eigenvalue weighted by Gasteiger charge is -2.08. The molecule has 0 aliphatic carbocycles. The third-order valence-corrected chi connectivity index (χ3v) is 5.35. The van der Waals surface area contributed by atoms with E-state index in [4.69, 9.17) is 11.6 Å². The molecule has 0 spiro atoms. The van der Waals surface area contributed by atoms with Gasteiger partial charge in [0, 0.05) is 16.3 Å². The van der Waals surface area contributed by atoms with Crippen LogP contribution in [0, 0.1) is 0 Å². The minimum atomic E-state index is -0.510. The quantitative estimate of drug-likeness (QED) is 0.269. The van der Waals surface area contributed by atoms with Crippen LogP contribution in [0.4, 0.5) is 5.69 Å². The minimum absolute atomic E-state index is 0.111. The number of phenolic OH excluding ortho intramolecular Hbond substituents is 1. The first-order valence-corrected chi connectivity index (χ1v) is 10.5. The molecule has 6 nitrogen and oxygen atoms in total. The SMILES string of the molecule is CC(=NNC(=O)c1cc2ccccc2cc1O)c1ccc(NC(=O)c2ccc(Cl)cc2)cc1. The first kappa shape index (κ1) is 22.0. The number of hydrogen-bond acceptors (Lipinski definition) is 4. The molecule has 0 heterocycles. The van der Waals surface area contributed by atoms with Crippen molar-refractivity contribution in [3.8, 4) is 5.75 Å². The molecule has 3 N–H and O–H groups in total. The Balaban J connectivity index is 1.42. The molecule has 0 bridgehead atoms. The lowest BCUT2D eigenvalue weighted by molar-refractivity contribution is 0.0951. The van der Waals surface area contributed by atoms with Gasteiger partial charge in [-0.15, -0.1) is 0 Å². The fraction of sp³-hybridized carbons (Fsp3) is 0.0385. The van der Waals surface area contributed by atoms with E-state index in [9.17, 15) is 14.7 Å². The normalized spacial score (nSPS) is 11.3. The van der Waals surface area contributed by atoms with Gasteiger partial charge in [-0.1, -0.05) is 48.0 Å². The number of nitrogens with zero attached hydrogens (tertiary/aromatic N) is 1. The van der Waals surface area contributed by atoms with Gasteiger partial charge in [-0.2, -0.15) is 5.10 Å². The highest BCUT2D eigenvalue weighted by molar-refractivity contribution is 6.30. The molecule has 0 radical (unpaired) electrons. The van der Waals surface area contributed by atoms with Crippen molar-refractivity contribution in [2.24, 2.45) is 5.10 Å². The molecule has 4 aromatic carbocycles. The van der Waals surface area contributed by atoms with E-state index in [1.807, 2.05) is 24.3 Å². The van der Waals surface area contributed by atoms with E-state index in [1.54, 1.807) is 67.6 Å². The Morgan fingerprint density at radius 2 is 1.42 bits per heavy atom. The Morgan fingerprint density at radius 3 is 2.09 bits per heavy atom. The van der Waals surface area contributed by atoms with Crippen LogP contribution >= 0.6 is 11.6 Å². The number of anilines is 1. The maximum atomic E-state index is 12.5. The highest BCUT2D eigenvalue weighted by atomic mass is 35.5. The average molecular weight is 458 g/mol. The third kappa shape index (κ3) is 5.19. The van der Waals surface area contributed by atoms with E-state index < -0.39 is 5.91 Å². The summed E-state index contributed by atoms with van der Waals surface area (Å²) in [7, 11) is 0. The molecule has 4 rings (SSSR count). The van der Waals surface area contributed by atoms with Crippen molar-refractivity contribution >= 4 is 45.6 Å². The molecule has 0 aliphatic rings. The molecule has 0 fully saturated rings. The zero-order chi connectivity index (χ0) is 23.4. The maximum Gasteiger partial charge on any atom is 0.275 e. The summed E-state index contributed by atoms with van der Waals surface area (Å²) in [6, 6.07) is 24.3. The zero-order valence-corrected chi connectivity index (χ0v) is 18.4. The van der Waals surface area contributed by atoms with E-state index >= 15 is 0 Å². The number of benzene rings is 4. The molecular formula is C26H20ClN3O3. The van der Waals surface area contributed by atoms with Gasteiger partial charge in [0.05, 0.1) is 11.3 Å². The fourth-order valence-electron chi connectivity index (χ4n) is 3.27. The Morgan fingerprint density at radius 1 is 0.818 bits per heavy atom. The summed E-state index contributed by atoms with van der Waals surface area (Å²) in [4.78, 5) is 24.9. The van der Waals surface area contributed by atoms with Crippen LogP contribution in [0.5, 0.6) is 5.75 Å². The summed E-state index contributed by atoms with van der Waals surface area (Å²) in [5.74, 6) is -0.864. The molecule has 0 aromatic heterocycles. The Labute approximate surface area is 195 Å². The topological polar surface area (TPSA) is 90.8 Å². The van der Waals surface area contributed by atoms with Crippen molar-refractivity contribution in [1.82, 2.24) is 5.43 Å². The van der Waals surface area contributed by atoms with Gasteiger partial charge in [0.1, 0.15) is 5.75 Å². The summed E-state index contributed by atoms with van der Waals surface area (Å²) >= 11 is 5.85. The number of phenols is 1. The van der Waals surface area contributed by atoms with Gasteiger partial charge in [-0.25, -0.2) is 5.43 Å². The van der Waals surface area contributed by atoms with Gasteiger partial charge < -0.3 is 10.4 Å². The second-order valence-corrected chi connectivity index (χ2v) is 7.83. The van der Waals surface area contributed by atoms with Crippen molar-refractivity contribution in [3.63, 3.8) is 0 Å². The standard InChI is InChI=1S/C26H20ClN3O3/c1-16(29-30-26(33)23-14-19-4-2-3-5-20(19)15-24(23)31)17-8-12-22(13-9-17)28-25(32)18-6-10-21(27)11-7-18/h2-15,31H,1H3,(H,28,32)(H,30,33). The average Bonchev–Trinajstić information content (AvgIpc) is 2.82. The van der Waals surface area contributed by atoms with E-state index in [0.29, 0.717) is 22.0 Å². The number of fused-ring (bicyclic) bond motifs is 1. The van der Waals surface area contributed by atoms with E-state index in [-0.39, 0.29) is 17.2 Å². The molecule has 0 saturated heterocycles. The lowest BCUT2D eigenvalue weighted by Crippen LogP contribution is -2.19. The van der Waals surface area contributed by atoms with Gasteiger partial charge in [0.2, 0.25) is 0 Å². The van der Waals surface area contributed by atoms with Crippen LogP contribution < -0.4 is 10.7 Å². The molecule has 33 heavy (non-hydrogen) atoms. The van der Waals surface area contributed by atoms with Crippen LogP contribution in [0.2, 0.25) is 5.02 Å². The van der Waals surface area contributed by atoms with Gasteiger partial charge in [0.15, 0.2) is 0 Å². The fourth-order valence-corrected chi connectivity index (χ4v) is 3.39. The molecule has 0 aliphatic heterocycles. The smallest absolute Gasteiger partial charge is 0.275 e. The summed E-state index contributed by atoms with van der Waals surface area (Å²) in [6.45, 7) is 1.75. The zero-order valence-electron chi connectivity index (χ0n) is 17.7. The number of aromatic hydroxyl groups is 1. The van der Waals surface area contributed by atoms with Crippen LogP contribution in [-0.4, -0.2) is 22.6 Å². The van der Waals surface area contributed by atoms with Gasteiger partial charge >= 0.3 is 0 Å². The summed E-state index contributed by atoms with van der Waals surface area (Å²) in [5.41, 5.74) is 5.09. The van der Waals surface area contributed by atoms with E-state index in [1.165, 1.54) is 0 Å². The van der Waals surface area contributed by atoms with Gasteiger partial charge in [-0.05, 0) is 71.8 Å². The number of hydrogen-bond donors (Lipinski definition) is 3. The molecule has 4 aromatic rings. The van der Waals surface area contributed by atoms with Crippen molar-refractivity contribution in [2.75, 3.05) is 5.32 Å². The maximum absolute atomic E-state index is 12.5. The van der Waals surface area contributed by atoms with Crippen LogP contribution in [-0.2, 0) is 0 Å². The summed E-state index contributed by atoms with van der Waals surface area (Å²) < 4.78 is 0. The van der Waals surface area contributed by atoms with Gasteiger partial charge in [0.25, 0.3) is 11.8 Å².